The quantitative estimate of drug-likeness (QED) is 0.589. The van der Waals surface area contributed by atoms with E-state index in [2.05, 4.69) is 40.8 Å². The standard InChI is InChI=1S/C21H20F3N3O/c1-20(2,3)15-7-9-16(10-8-15)27-19-12-18(25-13-26-19)14-5-4-6-17(11-14)28-21(22,23)24/h4-13H,1-3H3,(H,25,26,27). The van der Waals surface area contributed by atoms with E-state index in [1.807, 2.05) is 24.3 Å². The minimum Gasteiger partial charge on any atom is -0.406 e. The first kappa shape index (κ1) is 19.7. The maximum absolute atomic E-state index is 12.4. The molecule has 1 N–H and O–H groups in total. The third-order valence-corrected chi connectivity index (χ3v) is 4.05. The highest BCUT2D eigenvalue weighted by Gasteiger charge is 2.31. The molecule has 0 bridgehead atoms. The van der Waals surface area contributed by atoms with Crippen LogP contribution in [0.1, 0.15) is 26.3 Å². The number of hydrogen-bond donors (Lipinski definition) is 1. The Labute approximate surface area is 161 Å². The van der Waals surface area contributed by atoms with Gasteiger partial charge in [-0.2, -0.15) is 0 Å². The van der Waals surface area contributed by atoms with Crippen molar-refractivity contribution < 1.29 is 17.9 Å². The predicted octanol–water partition coefficient (Wildman–Crippen LogP) is 6.08. The number of nitrogens with one attached hydrogen (secondary N) is 1. The summed E-state index contributed by atoms with van der Waals surface area (Å²) in [6.45, 7) is 6.42. The number of benzene rings is 2. The van der Waals surface area contributed by atoms with Gasteiger partial charge in [0, 0.05) is 17.3 Å². The Bertz CT molecular complexity index is 948. The maximum atomic E-state index is 12.4. The van der Waals surface area contributed by atoms with E-state index < -0.39 is 6.36 Å². The van der Waals surface area contributed by atoms with Gasteiger partial charge in [-0.05, 0) is 35.2 Å². The summed E-state index contributed by atoms with van der Waals surface area (Å²) < 4.78 is 41.2. The van der Waals surface area contributed by atoms with Crippen LogP contribution in [0, 0.1) is 0 Å². The number of alkyl halides is 3. The maximum Gasteiger partial charge on any atom is 0.573 e. The average molecular weight is 387 g/mol. The van der Waals surface area contributed by atoms with Gasteiger partial charge in [-0.25, -0.2) is 9.97 Å². The molecule has 0 aliphatic rings. The van der Waals surface area contributed by atoms with E-state index in [9.17, 15) is 13.2 Å². The first-order valence-electron chi connectivity index (χ1n) is 8.66. The zero-order valence-electron chi connectivity index (χ0n) is 15.7. The fourth-order valence-corrected chi connectivity index (χ4v) is 2.64. The smallest absolute Gasteiger partial charge is 0.406 e. The van der Waals surface area contributed by atoms with E-state index >= 15 is 0 Å². The molecule has 0 spiro atoms. The normalized spacial score (nSPS) is 11.9. The van der Waals surface area contributed by atoms with Crippen LogP contribution in [-0.4, -0.2) is 16.3 Å². The lowest BCUT2D eigenvalue weighted by molar-refractivity contribution is -0.274. The Kier molecular flexibility index (Phi) is 5.27. The zero-order chi connectivity index (χ0) is 20.4. The number of ether oxygens (including phenoxy) is 1. The monoisotopic (exact) mass is 387 g/mol. The number of nitrogens with zero attached hydrogens (tertiary/aromatic N) is 2. The molecule has 0 amide bonds. The first-order chi connectivity index (χ1) is 13.1. The summed E-state index contributed by atoms with van der Waals surface area (Å²) in [5, 5.41) is 3.18. The van der Waals surface area contributed by atoms with E-state index in [1.165, 1.54) is 30.1 Å². The molecule has 0 saturated carbocycles. The van der Waals surface area contributed by atoms with E-state index in [4.69, 9.17) is 0 Å². The van der Waals surface area contributed by atoms with Gasteiger partial charge in [0.15, 0.2) is 0 Å². The lowest BCUT2D eigenvalue weighted by atomic mass is 9.87. The number of rotatable bonds is 4. The van der Waals surface area contributed by atoms with Crippen LogP contribution in [0.25, 0.3) is 11.3 Å². The minimum atomic E-state index is -4.74. The van der Waals surface area contributed by atoms with Crippen molar-refractivity contribution in [2.75, 3.05) is 5.32 Å². The molecule has 28 heavy (non-hydrogen) atoms. The lowest BCUT2D eigenvalue weighted by Crippen LogP contribution is -2.17. The van der Waals surface area contributed by atoms with Crippen molar-refractivity contribution >= 4 is 11.5 Å². The molecule has 0 aliphatic carbocycles. The van der Waals surface area contributed by atoms with Gasteiger partial charge in [0.2, 0.25) is 0 Å². The molecule has 1 aromatic heterocycles. The molecule has 2 aromatic carbocycles. The Morgan fingerprint density at radius 2 is 1.61 bits per heavy atom. The summed E-state index contributed by atoms with van der Waals surface area (Å²) in [6, 6.07) is 15.4. The third kappa shape index (κ3) is 5.22. The third-order valence-electron chi connectivity index (χ3n) is 4.05. The summed E-state index contributed by atoms with van der Waals surface area (Å²) in [5.74, 6) is 0.242. The van der Waals surface area contributed by atoms with Gasteiger partial charge in [0.05, 0.1) is 5.69 Å². The largest absolute Gasteiger partial charge is 0.573 e. The molecule has 0 aliphatic heterocycles. The molecule has 0 unspecified atom stereocenters. The highest BCUT2D eigenvalue weighted by Crippen LogP contribution is 2.29. The molecule has 0 atom stereocenters. The Hall–Kier alpha value is -3.09. The highest BCUT2D eigenvalue weighted by molar-refractivity contribution is 5.66. The fourth-order valence-electron chi connectivity index (χ4n) is 2.64. The molecule has 7 heteroatoms. The van der Waals surface area contributed by atoms with Crippen LogP contribution >= 0.6 is 0 Å². The molecule has 146 valence electrons. The number of anilines is 2. The topological polar surface area (TPSA) is 47.0 Å². The molecule has 0 radical (unpaired) electrons. The highest BCUT2D eigenvalue weighted by atomic mass is 19.4. The molecule has 0 saturated heterocycles. The van der Waals surface area contributed by atoms with E-state index in [1.54, 1.807) is 12.1 Å². The van der Waals surface area contributed by atoms with Gasteiger partial charge in [0.25, 0.3) is 0 Å². The second-order valence-electron chi connectivity index (χ2n) is 7.32. The van der Waals surface area contributed by atoms with Crippen molar-refractivity contribution in [3.8, 4) is 17.0 Å². The van der Waals surface area contributed by atoms with Gasteiger partial charge < -0.3 is 10.1 Å². The second kappa shape index (κ2) is 7.50. The second-order valence-corrected chi connectivity index (χ2v) is 7.32. The number of aromatic nitrogens is 2. The van der Waals surface area contributed by atoms with E-state index in [0.29, 0.717) is 17.1 Å². The van der Waals surface area contributed by atoms with E-state index in [0.717, 1.165) is 5.69 Å². The summed E-state index contributed by atoms with van der Waals surface area (Å²) in [7, 11) is 0. The van der Waals surface area contributed by atoms with Gasteiger partial charge >= 0.3 is 6.36 Å². The fraction of sp³-hybridized carbons (Fsp3) is 0.238. The van der Waals surface area contributed by atoms with Crippen molar-refractivity contribution in [2.24, 2.45) is 0 Å². The Balaban J connectivity index is 1.80. The van der Waals surface area contributed by atoms with Crippen LogP contribution in [0.15, 0.2) is 60.9 Å². The molecule has 1 heterocycles. The van der Waals surface area contributed by atoms with E-state index in [-0.39, 0.29) is 11.2 Å². The summed E-state index contributed by atoms with van der Waals surface area (Å²) >= 11 is 0. The molecular weight excluding hydrogens is 367 g/mol. The van der Waals surface area contributed by atoms with Gasteiger partial charge in [-0.1, -0.05) is 45.0 Å². The Morgan fingerprint density at radius 1 is 0.893 bits per heavy atom. The Morgan fingerprint density at radius 3 is 2.25 bits per heavy atom. The van der Waals surface area contributed by atoms with Gasteiger partial charge in [0.1, 0.15) is 17.9 Å². The van der Waals surface area contributed by atoms with Crippen LogP contribution in [0.2, 0.25) is 0 Å². The predicted molar refractivity (Wildman–Crippen MR) is 103 cm³/mol. The van der Waals surface area contributed by atoms with Crippen molar-refractivity contribution in [3.05, 3.63) is 66.5 Å². The van der Waals surface area contributed by atoms with Crippen LogP contribution in [-0.2, 0) is 5.41 Å². The molecule has 4 nitrogen and oxygen atoms in total. The number of hydrogen-bond acceptors (Lipinski definition) is 4. The number of halogens is 3. The van der Waals surface area contributed by atoms with Crippen molar-refractivity contribution in [1.82, 2.24) is 9.97 Å². The molecule has 3 aromatic rings. The SMILES string of the molecule is CC(C)(C)c1ccc(Nc2cc(-c3cccc(OC(F)(F)F)c3)ncn2)cc1. The first-order valence-corrected chi connectivity index (χ1v) is 8.66. The van der Waals surface area contributed by atoms with Crippen LogP contribution in [0.3, 0.4) is 0 Å². The lowest BCUT2D eigenvalue weighted by Gasteiger charge is -2.19. The van der Waals surface area contributed by atoms with Crippen molar-refractivity contribution in [1.29, 1.82) is 0 Å². The molecule has 0 fully saturated rings. The minimum absolute atomic E-state index is 0.0596. The summed E-state index contributed by atoms with van der Waals surface area (Å²) in [5.41, 5.74) is 3.10. The molecular formula is C21H20F3N3O. The summed E-state index contributed by atoms with van der Waals surface area (Å²) in [6.07, 6.45) is -3.38. The van der Waals surface area contributed by atoms with Crippen LogP contribution in [0.4, 0.5) is 24.7 Å². The van der Waals surface area contributed by atoms with Gasteiger partial charge in [-0.3, -0.25) is 0 Å². The van der Waals surface area contributed by atoms with Crippen molar-refractivity contribution in [3.63, 3.8) is 0 Å². The van der Waals surface area contributed by atoms with Crippen LogP contribution < -0.4 is 10.1 Å². The van der Waals surface area contributed by atoms with Crippen LogP contribution in [0.5, 0.6) is 5.75 Å². The van der Waals surface area contributed by atoms with Crippen molar-refractivity contribution in [2.45, 2.75) is 32.5 Å². The van der Waals surface area contributed by atoms with Gasteiger partial charge in [-0.15, -0.1) is 13.2 Å². The average Bonchev–Trinajstić information content (AvgIpc) is 2.60. The molecule has 3 rings (SSSR count). The zero-order valence-corrected chi connectivity index (χ0v) is 15.7. The summed E-state index contributed by atoms with van der Waals surface area (Å²) in [4.78, 5) is 8.33.